The maximum atomic E-state index is 11.4. The van der Waals surface area contributed by atoms with Crippen LogP contribution in [0.1, 0.15) is 86.3 Å². The van der Waals surface area contributed by atoms with Crippen LogP contribution in [0.25, 0.3) is 0 Å². The highest BCUT2D eigenvalue weighted by Gasteiger charge is 2.33. The summed E-state index contributed by atoms with van der Waals surface area (Å²) in [4.78, 5) is 11.7. The van der Waals surface area contributed by atoms with E-state index in [9.17, 15) is 15.0 Å². The zero-order valence-corrected chi connectivity index (χ0v) is 19.1. The van der Waals surface area contributed by atoms with Gasteiger partial charge in [-0.2, -0.15) is 0 Å². The molecule has 27 heavy (non-hydrogen) atoms. The van der Waals surface area contributed by atoms with E-state index in [0.29, 0.717) is 18.6 Å². The Morgan fingerprint density at radius 3 is 1.78 bits per heavy atom. The zero-order valence-electron chi connectivity index (χ0n) is 18.3. The van der Waals surface area contributed by atoms with Gasteiger partial charge in [-0.25, -0.2) is 4.79 Å². The van der Waals surface area contributed by atoms with Crippen LogP contribution in [-0.4, -0.2) is 27.2 Å². The Morgan fingerprint density at radius 1 is 1.04 bits per heavy atom. The quantitative estimate of drug-likeness (QED) is 0.431. The van der Waals surface area contributed by atoms with Crippen LogP contribution in [0.2, 0.25) is 0 Å². The van der Waals surface area contributed by atoms with Crippen LogP contribution < -0.4 is 0 Å². The van der Waals surface area contributed by atoms with Crippen molar-refractivity contribution in [3.8, 4) is 5.75 Å². The summed E-state index contributed by atoms with van der Waals surface area (Å²) in [6, 6.07) is 4.02. The number of carboxylic acid groups (broad SMARTS) is 1. The van der Waals surface area contributed by atoms with Gasteiger partial charge in [0.2, 0.25) is 0 Å². The monoisotopic (exact) mass is 396 g/mol. The second kappa shape index (κ2) is 8.44. The highest BCUT2D eigenvalue weighted by atomic mass is 32.2. The Labute approximate surface area is 168 Å². The molecule has 4 nitrogen and oxygen atoms in total. The first-order chi connectivity index (χ1) is 12.1. The molecule has 0 bridgehead atoms. The third-order valence-electron chi connectivity index (χ3n) is 4.71. The van der Waals surface area contributed by atoms with E-state index in [1.807, 2.05) is 32.9 Å². The summed E-state index contributed by atoms with van der Waals surface area (Å²) < 4.78 is 5.98. The van der Waals surface area contributed by atoms with Gasteiger partial charge in [0.15, 0.2) is 6.10 Å². The fourth-order valence-electron chi connectivity index (χ4n) is 2.85. The Bertz CT molecular complexity index is 635. The molecule has 0 aliphatic rings. The molecule has 2 atom stereocenters. The van der Waals surface area contributed by atoms with Crippen LogP contribution >= 0.6 is 11.8 Å². The molecular formula is C22H36O4S. The van der Waals surface area contributed by atoms with Gasteiger partial charge < -0.3 is 14.9 Å². The summed E-state index contributed by atoms with van der Waals surface area (Å²) in [6.45, 7) is 18.2. The maximum Gasteiger partial charge on any atom is 0.332 e. The molecule has 0 saturated heterocycles. The van der Waals surface area contributed by atoms with E-state index in [0.717, 1.165) is 16.0 Å². The summed E-state index contributed by atoms with van der Waals surface area (Å²) >= 11 is 1.52. The van der Waals surface area contributed by atoms with Gasteiger partial charge in [-0.15, -0.1) is 0 Å². The predicted octanol–water partition coefficient (Wildman–Crippen LogP) is 6.09. The van der Waals surface area contributed by atoms with Crippen molar-refractivity contribution in [1.29, 1.82) is 0 Å². The van der Waals surface area contributed by atoms with Crippen molar-refractivity contribution in [2.75, 3.05) is 0 Å². The molecular weight excluding hydrogens is 360 g/mol. The fraction of sp³-hybridized carbons (Fsp3) is 0.682. The number of benzene rings is 1. The van der Waals surface area contributed by atoms with Gasteiger partial charge in [0, 0.05) is 16.0 Å². The van der Waals surface area contributed by atoms with Crippen molar-refractivity contribution in [3.05, 3.63) is 23.3 Å². The normalized spacial score (nSPS) is 16.0. The molecule has 0 aliphatic heterocycles. The van der Waals surface area contributed by atoms with Crippen molar-refractivity contribution >= 4 is 17.7 Å². The minimum absolute atomic E-state index is 0.211. The van der Waals surface area contributed by atoms with Crippen molar-refractivity contribution in [1.82, 2.24) is 0 Å². The topological polar surface area (TPSA) is 66.8 Å². The van der Waals surface area contributed by atoms with Gasteiger partial charge >= 0.3 is 5.97 Å². The third kappa shape index (κ3) is 6.15. The Kier molecular flexibility index (Phi) is 7.45. The molecule has 0 saturated carbocycles. The van der Waals surface area contributed by atoms with Gasteiger partial charge in [0.1, 0.15) is 10.7 Å². The number of hydrogen-bond acceptors (Lipinski definition) is 4. The molecule has 0 unspecified atom stereocenters. The number of phenolic OH excluding ortho intramolecular Hbond substituents is 1. The molecule has 0 spiro atoms. The fourth-order valence-corrected chi connectivity index (χ4v) is 4.01. The molecule has 2 N–H and O–H groups in total. The van der Waals surface area contributed by atoms with Gasteiger partial charge in [-0.1, -0.05) is 67.2 Å². The number of carbonyl (C=O) groups is 1. The molecule has 0 aliphatic carbocycles. The summed E-state index contributed by atoms with van der Waals surface area (Å²) in [5, 5.41) is 20.2. The predicted molar refractivity (Wildman–Crippen MR) is 113 cm³/mol. The Balaban J connectivity index is 3.41. The largest absolute Gasteiger partial charge is 0.507 e. The second-order valence-corrected chi connectivity index (χ2v) is 10.8. The number of hydrogen-bond donors (Lipinski definition) is 2. The Hall–Kier alpha value is -1.20. The smallest absolute Gasteiger partial charge is 0.332 e. The number of carboxylic acids is 1. The van der Waals surface area contributed by atoms with Crippen molar-refractivity contribution < 1.29 is 19.7 Å². The summed E-state index contributed by atoms with van der Waals surface area (Å²) in [7, 11) is 0. The summed E-state index contributed by atoms with van der Waals surface area (Å²) in [5.41, 5.74) is 1.36. The second-order valence-electron chi connectivity index (χ2n) is 9.31. The van der Waals surface area contributed by atoms with E-state index >= 15 is 0 Å². The maximum absolute atomic E-state index is 11.4. The number of aromatic hydroxyl groups is 1. The first kappa shape index (κ1) is 23.8. The van der Waals surface area contributed by atoms with Crippen LogP contribution in [0.15, 0.2) is 17.0 Å². The van der Waals surface area contributed by atoms with Crippen LogP contribution in [0.4, 0.5) is 0 Å². The molecule has 5 heteroatoms. The third-order valence-corrected chi connectivity index (χ3v) is 6.00. The van der Waals surface area contributed by atoms with Crippen molar-refractivity contribution in [2.24, 2.45) is 0 Å². The van der Waals surface area contributed by atoms with E-state index in [2.05, 4.69) is 41.5 Å². The SMILES string of the molecule is CC[C@@H](O[C@@](C)(CC)Sc1cc(C(C)(C)C)c(O)c(C(C)(C)C)c1)C(=O)O. The van der Waals surface area contributed by atoms with Gasteiger partial charge in [0.05, 0.1) is 0 Å². The average Bonchev–Trinajstić information content (AvgIpc) is 2.51. The van der Waals surface area contributed by atoms with Crippen molar-refractivity contribution in [3.63, 3.8) is 0 Å². The minimum atomic E-state index is -0.936. The standard InChI is InChI=1S/C22H36O4S/c1-10-17(19(24)25)26-22(9,11-2)27-14-12-15(20(3,4)5)18(23)16(13-14)21(6,7)8/h12-13,17,23H,10-11H2,1-9H3,(H,24,25)/t17-,22-/m1/s1. The van der Waals surface area contributed by atoms with Crippen LogP contribution in [0, 0.1) is 0 Å². The lowest BCUT2D eigenvalue weighted by Gasteiger charge is -2.33. The molecule has 0 radical (unpaired) electrons. The highest BCUT2D eigenvalue weighted by Crippen LogP contribution is 2.45. The summed E-state index contributed by atoms with van der Waals surface area (Å²) in [6.07, 6.45) is 0.253. The number of ether oxygens (including phenoxy) is 1. The molecule has 1 aromatic rings. The minimum Gasteiger partial charge on any atom is -0.507 e. The first-order valence-electron chi connectivity index (χ1n) is 9.62. The lowest BCUT2D eigenvalue weighted by molar-refractivity contribution is -0.156. The average molecular weight is 397 g/mol. The number of thioether (sulfide) groups is 1. The molecule has 1 aromatic carbocycles. The number of aliphatic carboxylic acids is 1. The molecule has 0 aromatic heterocycles. The molecule has 0 heterocycles. The van der Waals surface area contributed by atoms with Gasteiger partial charge in [-0.3, -0.25) is 0 Å². The van der Waals surface area contributed by atoms with E-state index in [-0.39, 0.29) is 10.8 Å². The van der Waals surface area contributed by atoms with Gasteiger partial charge in [-0.05, 0) is 42.7 Å². The Morgan fingerprint density at radius 2 is 1.48 bits per heavy atom. The number of rotatable bonds is 7. The van der Waals surface area contributed by atoms with E-state index in [4.69, 9.17) is 4.74 Å². The highest BCUT2D eigenvalue weighted by molar-refractivity contribution is 8.00. The van der Waals surface area contributed by atoms with Gasteiger partial charge in [0.25, 0.3) is 0 Å². The van der Waals surface area contributed by atoms with Crippen LogP contribution in [0.3, 0.4) is 0 Å². The molecule has 0 amide bonds. The lowest BCUT2D eigenvalue weighted by Crippen LogP contribution is -2.34. The summed E-state index contributed by atoms with van der Waals surface area (Å²) in [5.74, 6) is -0.593. The van der Waals surface area contributed by atoms with E-state index in [1.54, 1.807) is 0 Å². The molecule has 154 valence electrons. The lowest BCUT2D eigenvalue weighted by atomic mass is 9.79. The zero-order chi connectivity index (χ0) is 21.2. The molecule has 1 rings (SSSR count). The van der Waals surface area contributed by atoms with E-state index in [1.165, 1.54) is 11.8 Å². The van der Waals surface area contributed by atoms with E-state index < -0.39 is 17.0 Å². The number of phenols is 1. The molecule has 0 fully saturated rings. The first-order valence-corrected chi connectivity index (χ1v) is 10.4. The van der Waals surface area contributed by atoms with Crippen molar-refractivity contribution in [2.45, 2.75) is 102 Å². The van der Waals surface area contributed by atoms with Crippen LogP contribution in [0.5, 0.6) is 5.75 Å². The van der Waals surface area contributed by atoms with Crippen LogP contribution in [-0.2, 0) is 20.4 Å².